The first kappa shape index (κ1) is 10.3. The summed E-state index contributed by atoms with van der Waals surface area (Å²) in [4.78, 5) is 20.8. The van der Waals surface area contributed by atoms with Gasteiger partial charge in [0.25, 0.3) is 0 Å². The van der Waals surface area contributed by atoms with Gasteiger partial charge in [0.15, 0.2) is 0 Å². The summed E-state index contributed by atoms with van der Waals surface area (Å²) in [6.07, 6.45) is 3.53. The Morgan fingerprint density at radius 1 is 1.40 bits per heavy atom. The SMILES string of the molecule is CSc1ncsc1C(=O)c1ccccn1. The minimum atomic E-state index is -0.0533. The van der Waals surface area contributed by atoms with Crippen LogP contribution in [0.25, 0.3) is 0 Å². The lowest BCUT2D eigenvalue weighted by atomic mass is 10.2. The molecule has 0 aliphatic heterocycles. The monoisotopic (exact) mass is 236 g/mol. The minimum Gasteiger partial charge on any atom is -0.286 e. The van der Waals surface area contributed by atoms with Crippen LogP contribution in [0.1, 0.15) is 15.4 Å². The molecule has 0 aromatic carbocycles. The van der Waals surface area contributed by atoms with E-state index < -0.39 is 0 Å². The number of ketones is 1. The van der Waals surface area contributed by atoms with Crippen molar-refractivity contribution in [3.05, 3.63) is 40.5 Å². The molecule has 2 rings (SSSR count). The Morgan fingerprint density at radius 3 is 2.93 bits per heavy atom. The van der Waals surface area contributed by atoms with Gasteiger partial charge in [-0.1, -0.05) is 6.07 Å². The summed E-state index contributed by atoms with van der Waals surface area (Å²) >= 11 is 2.83. The topological polar surface area (TPSA) is 42.9 Å². The Balaban J connectivity index is 2.37. The smallest absolute Gasteiger partial charge is 0.224 e. The normalized spacial score (nSPS) is 10.2. The molecule has 0 unspecified atom stereocenters. The van der Waals surface area contributed by atoms with Gasteiger partial charge in [-0.2, -0.15) is 0 Å². The Hall–Kier alpha value is -1.20. The summed E-state index contributed by atoms with van der Waals surface area (Å²) in [6.45, 7) is 0. The van der Waals surface area contributed by atoms with E-state index in [0.717, 1.165) is 5.03 Å². The van der Waals surface area contributed by atoms with Crippen LogP contribution < -0.4 is 0 Å². The molecule has 3 nitrogen and oxygen atoms in total. The Labute approximate surface area is 95.6 Å². The first-order valence-electron chi connectivity index (χ1n) is 4.26. The Kier molecular flexibility index (Phi) is 3.13. The zero-order valence-electron chi connectivity index (χ0n) is 8.01. The predicted octanol–water partition coefficient (Wildman–Crippen LogP) is 2.49. The van der Waals surface area contributed by atoms with Crippen LogP contribution in [0.15, 0.2) is 34.9 Å². The minimum absolute atomic E-state index is 0.0533. The van der Waals surface area contributed by atoms with Crippen molar-refractivity contribution in [1.82, 2.24) is 9.97 Å². The summed E-state index contributed by atoms with van der Waals surface area (Å²) < 4.78 is 0. The quantitative estimate of drug-likeness (QED) is 0.606. The summed E-state index contributed by atoms with van der Waals surface area (Å²) in [5.74, 6) is -0.0533. The highest BCUT2D eigenvalue weighted by Gasteiger charge is 2.16. The lowest BCUT2D eigenvalue weighted by molar-refractivity contribution is 0.103. The van der Waals surface area contributed by atoms with Crippen molar-refractivity contribution in [2.24, 2.45) is 0 Å². The van der Waals surface area contributed by atoms with E-state index in [2.05, 4.69) is 9.97 Å². The van der Waals surface area contributed by atoms with Crippen LogP contribution in [0.4, 0.5) is 0 Å². The van der Waals surface area contributed by atoms with Gasteiger partial charge in [-0.05, 0) is 18.4 Å². The number of rotatable bonds is 3. The summed E-state index contributed by atoms with van der Waals surface area (Å²) in [5.41, 5.74) is 2.15. The Morgan fingerprint density at radius 2 is 2.27 bits per heavy atom. The molecule has 2 heterocycles. The maximum absolute atomic E-state index is 12.0. The second kappa shape index (κ2) is 4.55. The van der Waals surface area contributed by atoms with E-state index in [1.165, 1.54) is 23.1 Å². The average molecular weight is 236 g/mol. The highest BCUT2D eigenvalue weighted by molar-refractivity contribution is 7.98. The average Bonchev–Trinajstić information content (AvgIpc) is 2.77. The van der Waals surface area contributed by atoms with E-state index in [-0.39, 0.29) is 5.78 Å². The molecule has 0 N–H and O–H groups in total. The number of hydrogen-bond donors (Lipinski definition) is 0. The van der Waals surface area contributed by atoms with Gasteiger partial charge in [-0.25, -0.2) is 4.98 Å². The van der Waals surface area contributed by atoms with E-state index in [1.807, 2.05) is 6.26 Å². The molecule has 0 amide bonds. The lowest BCUT2D eigenvalue weighted by Crippen LogP contribution is -2.02. The fourth-order valence-corrected chi connectivity index (χ4v) is 2.67. The van der Waals surface area contributed by atoms with Crippen LogP contribution in [0.2, 0.25) is 0 Å². The van der Waals surface area contributed by atoms with Gasteiger partial charge in [0.2, 0.25) is 5.78 Å². The molecule has 0 atom stereocenters. The van der Waals surface area contributed by atoms with Crippen molar-refractivity contribution in [3.8, 4) is 0 Å². The summed E-state index contributed by atoms with van der Waals surface area (Å²) in [6, 6.07) is 5.31. The van der Waals surface area contributed by atoms with Gasteiger partial charge < -0.3 is 0 Å². The molecule has 0 fully saturated rings. The largest absolute Gasteiger partial charge is 0.286 e. The van der Waals surface area contributed by atoms with Gasteiger partial charge in [0.05, 0.1) is 5.51 Å². The number of carbonyl (C=O) groups is 1. The molecule has 0 aliphatic carbocycles. The van der Waals surface area contributed by atoms with Crippen LogP contribution in [-0.4, -0.2) is 22.0 Å². The van der Waals surface area contributed by atoms with Crippen molar-refractivity contribution in [2.45, 2.75) is 5.03 Å². The third-order valence-electron chi connectivity index (χ3n) is 1.83. The van der Waals surface area contributed by atoms with Crippen molar-refractivity contribution < 1.29 is 4.79 Å². The lowest BCUT2D eigenvalue weighted by Gasteiger charge is -1.97. The maximum Gasteiger partial charge on any atom is 0.224 e. The second-order valence-electron chi connectivity index (χ2n) is 2.73. The summed E-state index contributed by atoms with van der Waals surface area (Å²) in [5, 5.41) is 0.774. The number of aromatic nitrogens is 2. The number of hydrogen-bond acceptors (Lipinski definition) is 5. The van der Waals surface area contributed by atoms with Crippen molar-refractivity contribution in [1.29, 1.82) is 0 Å². The molecule has 15 heavy (non-hydrogen) atoms. The molecule has 0 spiro atoms. The van der Waals surface area contributed by atoms with Gasteiger partial charge in [0, 0.05) is 6.20 Å². The molecular weight excluding hydrogens is 228 g/mol. The molecule has 2 aromatic heterocycles. The van der Waals surface area contributed by atoms with Crippen molar-refractivity contribution in [2.75, 3.05) is 6.26 Å². The number of thiazole rings is 1. The fourth-order valence-electron chi connectivity index (χ4n) is 1.15. The third kappa shape index (κ3) is 2.08. The second-order valence-corrected chi connectivity index (χ2v) is 4.38. The number of nitrogens with zero attached hydrogens (tertiary/aromatic N) is 2. The van der Waals surface area contributed by atoms with Crippen molar-refractivity contribution >= 4 is 28.9 Å². The molecule has 0 radical (unpaired) electrons. The molecule has 5 heteroatoms. The Bertz CT molecular complexity index is 467. The summed E-state index contributed by atoms with van der Waals surface area (Å²) in [7, 11) is 0. The molecular formula is C10H8N2OS2. The first-order valence-corrected chi connectivity index (χ1v) is 6.36. The standard InChI is InChI=1S/C10H8N2OS2/c1-14-10-9(15-6-12-10)8(13)7-4-2-3-5-11-7/h2-6H,1H3. The first-order chi connectivity index (χ1) is 7.33. The number of pyridine rings is 1. The number of carbonyl (C=O) groups excluding carboxylic acids is 1. The van der Waals surface area contributed by atoms with Crippen LogP contribution in [0, 0.1) is 0 Å². The van der Waals surface area contributed by atoms with Crippen LogP contribution in [-0.2, 0) is 0 Å². The van der Waals surface area contributed by atoms with Crippen LogP contribution in [0.5, 0.6) is 0 Å². The van der Waals surface area contributed by atoms with E-state index in [9.17, 15) is 4.79 Å². The van der Waals surface area contributed by atoms with E-state index >= 15 is 0 Å². The maximum atomic E-state index is 12.0. The van der Waals surface area contributed by atoms with Crippen molar-refractivity contribution in [3.63, 3.8) is 0 Å². The molecule has 0 saturated heterocycles. The molecule has 2 aromatic rings. The molecule has 0 aliphatic rings. The van der Waals surface area contributed by atoms with E-state index in [1.54, 1.807) is 29.9 Å². The predicted molar refractivity (Wildman–Crippen MR) is 61.6 cm³/mol. The zero-order valence-corrected chi connectivity index (χ0v) is 9.64. The molecule has 0 bridgehead atoms. The van der Waals surface area contributed by atoms with Crippen LogP contribution in [0.3, 0.4) is 0 Å². The number of thioether (sulfide) groups is 1. The van der Waals surface area contributed by atoms with Gasteiger partial charge in [0.1, 0.15) is 15.6 Å². The van der Waals surface area contributed by atoms with Gasteiger partial charge >= 0.3 is 0 Å². The zero-order chi connectivity index (χ0) is 10.7. The third-order valence-corrected chi connectivity index (χ3v) is 3.48. The highest BCUT2D eigenvalue weighted by Crippen LogP contribution is 2.24. The van der Waals surface area contributed by atoms with Crippen LogP contribution >= 0.6 is 23.1 Å². The van der Waals surface area contributed by atoms with E-state index in [4.69, 9.17) is 0 Å². The molecule has 76 valence electrons. The fraction of sp³-hybridized carbons (Fsp3) is 0.100. The van der Waals surface area contributed by atoms with Gasteiger partial charge in [-0.3, -0.25) is 9.78 Å². The van der Waals surface area contributed by atoms with Gasteiger partial charge in [-0.15, -0.1) is 23.1 Å². The van der Waals surface area contributed by atoms with E-state index in [0.29, 0.717) is 10.6 Å². The highest BCUT2D eigenvalue weighted by atomic mass is 32.2. The molecule has 0 saturated carbocycles.